The smallest absolute Gasteiger partial charge is 0.270 e. The Hall–Kier alpha value is -2.31. The Morgan fingerprint density at radius 1 is 1.21 bits per heavy atom. The average Bonchev–Trinajstić information content (AvgIpc) is 2.96. The van der Waals surface area contributed by atoms with E-state index in [1.807, 2.05) is 62.4 Å². The molecule has 1 amide bonds. The van der Waals surface area contributed by atoms with Crippen molar-refractivity contribution in [2.24, 2.45) is 0 Å². The molecule has 1 atom stereocenters. The largest absolute Gasteiger partial charge is 0.493 e. The summed E-state index contributed by atoms with van der Waals surface area (Å²) >= 11 is 6.77. The second kappa shape index (κ2) is 8.80. The van der Waals surface area contributed by atoms with Crippen LogP contribution in [0.5, 0.6) is 11.5 Å². The number of rotatable bonds is 6. The summed E-state index contributed by atoms with van der Waals surface area (Å²) in [6, 6.07) is 13.4. The van der Waals surface area contributed by atoms with Crippen molar-refractivity contribution in [1.29, 1.82) is 0 Å². The van der Waals surface area contributed by atoms with Gasteiger partial charge in [-0.2, -0.15) is 0 Å². The fourth-order valence-corrected chi connectivity index (χ4v) is 4.10. The SMILES string of the molecule is CC[C@H](C)Oc1ccc(/C=C2\SC(=S)N(c3ccccc3C)C2=O)cc1OC. The lowest BCUT2D eigenvalue weighted by Gasteiger charge is -2.17. The summed E-state index contributed by atoms with van der Waals surface area (Å²) in [6.45, 7) is 6.06. The van der Waals surface area contributed by atoms with Gasteiger partial charge in [-0.25, -0.2) is 0 Å². The molecule has 0 unspecified atom stereocenters. The fraction of sp³-hybridized carbons (Fsp3) is 0.273. The molecule has 2 aromatic rings. The van der Waals surface area contributed by atoms with Crippen molar-refractivity contribution in [3.8, 4) is 11.5 Å². The zero-order chi connectivity index (χ0) is 20.3. The molecule has 1 saturated heterocycles. The number of amides is 1. The van der Waals surface area contributed by atoms with Gasteiger partial charge in [0.1, 0.15) is 0 Å². The molecule has 0 spiro atoms. The van der Waals surface area contributed by atoms with Gasteiger partial charge in [0, 0.05) is 0 Å². The van der Waals surface area contributed by atoms with E-state index in [0.717, 1.165) is 23.2 Å². The van der Waals surface area contributed by atoms with Gasteiger partial charge in [-0.05, 0) is 55.7 Å². The normalized spacial score (nSPS) is 16.6. The molecule has 0 aromatic heterocycles. The molecule has 3 rings (SSSR count). The summed E-state index contributed by atoms with van der Waals surface area (Å²) in [5.74, 6) is 1.23. The molecule has 0 aliphatic carbocycles. The highest BCUT2D eigenvalue weighted by atomic mass is 32.2. The van der Waals surface area contributed by atoms with E-state index >= 15 is 0 Å². The Labute approximate surface area is 175 Å². The molecule has 1 heterocycles. The fourth-order valence-electron chi connectivity index (χ4n) is 2.81. The number of para-hydroxylation sites is 1. The first-order chi connectivity index (χ1) is 13.4. The molecule has 28 heavy (non-hydrogen) atoms. The minimum atomic E-state index is -0.108. The third-order valence-electron chi connectivity index (χ3n) is 4.54. The summed E-state index contributed by atoms with van der Waals surface area (Å²) in [6.07, 6.45) is 2.85. The van der Waals surface area contributed by atoms with Gasteiger partial charge in [-0.1, -0.05) is 55.2 Å². The molecule has 0 bridgehead atoms. The highest BCUT2D eigenvalue weighted by Gasteiger charge is 2.33. The number of hydrogen-bond donors (Lipinski definition) is 0. The number of benzene rings is 2. The molecular formula is C22H23NO3S2. The van der Waals surface area contributed by atoms with E-state index < -0.39 is 0 Å². The molecule has 6 heteroatoms. The first-order valence-electron chi connectivity index (χ1n) is 9.12. The highest BCUT2D eigenvalue weighted by Crippen LogP contribution is 2.38. The number of thioether (sulfide) groups is 1. The van der Waals surface area contributed by atoms with E-state index in [4.69, 9.17) is 21.7 Å². The van der Waals surface area contributed by atoms with E-state index in [1.54, 1.807) is 12.0 Å². The number of carbonyl (C=O) groups is 1. The first kappa shape index (κ1) is 20.4. The van der Waals surface area contributed by atoms with Crippen LogP contribution in [-0.2, 0) is 4.79 Å². The van der Waals surface area contributed by atoms with Crippen LogP contribution in [0.4, 0.5) is 5.69 Å². The quantitative estimate of drug-likeness (QED) is 0.456. The standard InChI is InChI=1S/C22H23NO3S2/c1-5-15(3)26-18-11-10-16(12-19(18)25-4)13-20-21(24)23(22(27)28-20)17-9-7-6-8-14(17)2/h6-13,15H,5H2,1-4H3/b20-13-/t15-/m0/s1. The van der Waals surface area contributed by atoms with Crippen molar-refractivity contribution >= 4 is 46.0 Å². The van der Waals surface area contributed by atoms with E-state index in [-0.39, 0.29) is 12.0 Å². The van der Waals surface area contributed by atoms with Crippen LogP contribution in [0.15, 0.2) is 47.4 Å². The number of thiocarbonyl (C=S) groups is 1. The summed E-state index contributed by atoms with van der Waals surface area (Å²) < 4.78 is 11.9. The molecule has 1 aliphatic rings. The summed E-state index contributed by atoms with van der Waals surface area (Å²) in [5.41, 5.74) is 2.69. The van der Waals surface area contributed by atoms with Crippen LogP contribution in [0.2, 0.25) is 0 Å². The Bertz CT molecular complexity index is 939. The molecule has 1 aliphatic heterocycles. The molecule has 0 saturated carbocycles. The number of methoxy groups -OCH3 is 1. The molecule has 0 radical (unpaired) electrons. The number of aryl methyl sites for hydroxylation is 1. The average molecular weight is 414 g/mol. The maximum Gasteiger partial charge on any atom is 0.270 e. The maximum absolute atomic E-state index is 13.0. The van der Waals surface area contributed by atoms with Crippen LogP contribution in [0.1, 0.15) is 31.4 Å². The first-order valence-corrected chi connectivity index (χ1v) is 10.3. The maximum atomic E-state index is 13.0. The van der Waals surface area contributed by atoms with Gasteiger partial charge in [-0.15, -0.1) is 0 Å². The third-order valence-corrected chi connectivity index (χ3v) is 5.84. The van der Waals surface area contributed by atoms with Gasteiger partial charge in [0.2, 0.25) is 0 Å². The van der Waals surface area contributed by atoms with Crippen LogP contribution in [0.25, 0.3) is 6.08 Å². The molecular weight excluding hydrogens is 390 g/mol. The van der Waals surface area contributed by atoms with E-state index in [0.29, 0.717) is 20.7 Å². The van der Waals surface area contributed by atoms with Gasteiger partial charge >= 0.3 is 0 Å². The Kier molecular flexibility index (Phi) is 6.42. The summed E-state index contributed by atoms with van der Waals surface area (Å²) in [5, 5.41) is 0. The topological polar surface area (TPSA) is 38.8 Å². The number of nitrogens with zero attached hydrogens (tertiary/aromatic N) is 1. The van der Waals surface area contributed by atoms with Gasteiger partial charge in [-0.3, -0.25) is 9.69 Å². The second-order valence-corrected chi connectivity index (χ2v) is 8.23. The molecule has 1 fully saturated rings. The van der Waals surface area contributed by atoms with E-state index in [2.05, 4.69) is 6.92 Å². The Morgan fingerprint density at radius 3 is 2.64 bits per heavy atom. The summed E-state index contributed by atoms with van der Waals surface area (Å²) in [4.78, 5) is 15.2. The van der Waals surface area contributed by atoms with Crippen LogP contribution < -0.4 is 14.4 Å². The van der Waals surface area contributed by atoms with Crippen LogP contribution in [-0.4, -0.2) is 23.4 Å². The van der Waals surface area contributed by atoms with Crippen molar-refractivity contribution in [3.05, 3.63) is 58.5 Å². The Balaban J connectivity index is 1.89. The predicted octanol–water partition coefficient (Wildman–Crippen LogP) is 5.59. The van der Waals surface area contributed by atoms with E-state index in [9.17, 15) is 4.79 Å². The van der Waals surface area contributed by atoms with Crippen LogP contribution in [0, 0.1) is 6.92 Å². The second-order valence-electron chi connectivity index (χ2n) is 6.55. The Morgan fingerprint density at radius 2 is 1.96 bits per heavy atom. The van der Waals surface area contributed by atoms with Gasteiger partial charge < -0.3 is 9.47 Å². The highest BCUT2D eigenvalue weighted by molar-refractivity contribution is 8.27. The lowest BCUT2D eigenvalue weighted by molar-refractivity contribution is -0.113. The predicted molar refractivity (Wildman–Crippen MR) is 120 cm³/mol. The summed E-state index contributed by atoms with van der Waals surface area (Å²) in [7, 11) is 1.61. The van der Waals surface area contributed by atoms with Crippen molar-refractivity contribution in [3.63, 3.8) is 0 Å². The van der Waals surface area contributed by atoms with Crippen molar-refractivity contribution in [2.75, 3.05) is 12.0 Å². The number of anilines is 1. The lowest BCUT2D eigenvalue weighted by atomic mass is 10.1. The molecule has 0 N–H and O–H groups in total. The van der Waals surface area contributed by atoms with Crippen molar-refractivity contribution in [1.82, 2.24) is 0 Å². The molecule has 4 nitrogen and oxygen atoms in total. The number of ether oxygens (including phenoxy) is 2. The van der Waals surface area contributed by atoms with Crippen molar-refractivity contribution < 1.29 is 14.3 Å². The molecule has 146 valence electrons. The number of carbonyl (C=O) groups excluding carboxylic acids is 1. The minimum Gasteiger partial charge on any atom is -0.493 e. The van der Waals surface area contributed by atoms with Gasteiger partial charge in [0.25, 0.3) is 5.91 Å². The monoisotopic (exact) mass is 413 g/mol. The minimum absolute atomic E-state index is 0.102. The van der Waals surface area contributed by atoms with E-state index in [1.165, 1.54) is 11.8 Å². The zero-order valence-electron chi connectivity index (χ0n) is 16.4. The molecule has 2 aromatic carbocycles. The van der Waals surface area contributed by atoms with Crippen LogP contribution in [0.3, 0.4) is 0 Å². The lowest BCUT2D eigenvalue weighted by Crippen LogP contribution is -2.28. The van der Waals surface area contributed by atoms with Crippen LogP contribution >= 0.6 is 24.0 Å². The van der Waals surface area contributed by atoms with Crippen molar-refractivity contribution in [2.45, 2.75) is 33.3 Å². The van der Waals surface area contributed by atoms with Gasteiger partial charge in [0.15, 0.2) is 15.8 Å². The number of hydrogen-bond acceptors (Lipinski definition) is 5. The zero-order valence-corrected chi connectivity index (χ0v) is 18.0. The third kappa shape index (κ3) is 4.23. The van der Waals surface area contributed by atoms with Gasteiger partial charge in [0.05, 0.1) is 23.8 Å².